The SMILES string of the molecule is COCc1nc(C2CCCCC2)sc1C(C)(C)O. The van der Waals surface area contributed by atoms with E-state index in [0.717, 1.165) is 10.6 Å². The van der Waals surface area contributed by atoms with E-state index in [9.17, 15) is 5.11 Å². The van der Waals surface area contributed by atoms with Gasteiger partial charge >= 0.3 is 0 Å². The Morgan fingerprint density at radius 2 is 2.00 bits per heavy atom. The molecule has 0 aliphatic heterocycles. The molecule has 102 valence electrons. The molecule has 0 amide bonds. The van der Waals surface area contributed by atoms with E-state index in [0.29, 0.717) is 12.5 Å². The Bertz CT molecular complexity index is 389. The molecule has 1 aliphatic rings. The predicted octanol–water partition coefficient (Wildman–Crippen LogP) is 3.56. The number of thiazole rings is 1. The molecule has 0 atom stereocenters. The molecule has 0 radical (unpaired) electrons. The molecule has 2 rings (SSSR count). The van der Waals surface area contributed by atoms with Gasteiger partial charge in [-0.05, 0) is 26.7 Å². The van der Waals surface area contributed by atoms with Crippen LogP contribution in [0.25, 0.3) is 0 Å². The summed E-state index contributed by atoms with van der Waals surface area (Å²) in [4.78, 5) is 5.69. The lowest BCUT2D eigenvalue weighted by Crippen LogP contribution is -2.16. The molecule has 0 bridgehead atoms. The standard InChI is InChI=1S/C14H23NO2S/c1-14(2,16)12-11(9-17-3)15-13(18-12)10-7-5-4-6-8-10/h10,16H,4-9H2,1-3H3. The monoisotopic (exact) mass is 269 g/mol. The Hall–Kier alpha value is -0.450. The highest BCUT2D eigenvalue weighted by Gasteiger charge is 2.27. The highest BCUT2D eigenvalue weighted by Crippen LogP contribution is 2.39. The molecular weight excluding hydrogens is 246 g/mol. The highest BCUT2D eigenvalue weighted by atomic mass is 32.1. The molecule has 4 heteroatoms. The fraction of sp³-hybridized carbons (Fsp3) is 0.786. The van der Waals surface area contributed by atoms with Crippen LogP contribution in [-0.4, -0.2) is 17.2 Å². The summed E-state index contributed by atoms with van der Waals surface area (Å²) in [5.41, 5.74) is 0.0916. The molecule has 1 saturated carbocycles. The molecule has 1 aliphatic carbocycles. The topological polar surface area (TPSA) is 42.4 Å². The molecule has 0 aromatic carbocycles. The van der Waals surface area contributed by atoms with Crippen molar-refractivity contribution in [3.05, 3.63) is 15.6 Å². The summed E-state index contributed by atoms with van der Waals surface area (Å²) in [5, 5.41) is 11.4. The van der Waals surface area contributed by atoms with Crippen LogP contribution in [0.1, 0.15) is 67.4 Å². The Balaban J connectivity index is 2.26. The van der Waals surface area contributed by atoms with Gasteiger partial charge in [-0.15, -0.1) is 11.3 Å². The molecule has 1 fully saturated rings. The average Bonchev–Trinajstić information content (AvgIpc) is 2.75. The first-order valence-electron chi connectivity index (χ1n) is 6.73. The second kappa shape index (κ2) is 5.68. The van der Waals surface area contributed by atoms with E-state index in [1.807, 2.05) is 13.8 Å². The van der Waals surface area contributed by atoms with Crippen molar-refractivity contribution in [2.24, 2.45) is 0 Å². The fourth-order valence-corrected chi connectivity index (χ4v) is 3.85. The second-order valence-corrected chi connectivity index (χ2v) is 6.69. The van der Waals surface area contributed by atoms with Crippen molar-refractivity contribution in [1.29, 1.82) is 0 Å². The van der Waals surface area contributed by atoms with Crippen LogP contribution in [0, 0.1) is 0 Å². The summed E-state index contributed by atoms with van der Waals surface area (Å²) in [6.45, 7) is 4.14. The van der Waals surface area contributed by atoms with Gasteiger partial charge in [0.05, 0.1) is 27.8 Å². The van der Waals surface area contributed by atoms with Crippen LogP contribution in [0.3, 0.4) is 0 Å². The summed E-state index contributed by atoms with van der Waals surface area (Å²) in [6.07, 6.45) is 6.45. The van der Waals surface area contributed by atoms with Gasteiger partial charge in [0.25, 0.3) is 0 Å². The molecule has 1 N–H and O–H groups in total. The minimum atomic E-state index is -0.821. The minimum Gasteiger partial charge on any atom is -0.385 e. The number of rotatable bonds is 4. The van der Waals surface area contributed by atoms with Crippen molar-refractivity contribution in [1.82, 2.24) is 4.98 Å². The lowest BCUT2D eigenvalue weighted by Gasteiger charge is -2.19. The Morgan fingerprint density at radius 3 is 2.56 bits per heavy atom. The summed E-state index contributed by atoms with van der Waals surface area (Å²) in [5.74, 6) is 0.593. The number of ether oxygens (including phenoxy) is 1. The Morgan fingerprint density at radius 1 is 1.33 bits per heavy atom. The van der Waals surface area contributed by atoms with Crippen molar-refractivity contribution in [2.75, 3.05) is 7.11 Å². The van der Waals surface area contributed by atoms with E-state index in [4.69, 9.17) is 9.72 Å². The van der Waals surface area contributed by atoms with E-state index in [2.05, 4.69) is 0 Å². The summed E-state index contributed by atoms with van der Waals surface area (Å²) < 4.78 is 5.20. The van der Waals surface area contributed by atoms with Crippen LogP contribution >= 0.6 is 11.3 Å². The van der Waals surface area contributed by atoms with Crippen molar-refractivity contribution in [3.8, 4) is 0 Å². The third kappa shape index (κ3) is 3.11. The predicted molar refractivity (Wildman–Crippen MR) is 73.9 cm³/mol. The maximum absolute atomic E-state index is 10.2. The minimum absolute atomic E-state index is 0.489. The molecule has 1 heterocycles. The maximum atomic E-state index is 10.2. The normalized spacial score (nSPS) is 18.2. The average molecular weight is 269 g/mol. The van der Waals surface area contributed by atoms with Gasteiger partial charge in [-0.25, -0.2) is 4.98 Å². The first-order chi connectivity index (χ1) is 8.52. The van der Waals surface area contributed by atoms with Gasteiger partial charge in [0.15, 0.2) is 0 Å². The van der Waals surface area contributed by atoms with Gasteiger partial charge in [-0.2, -0.15) is 0 Å². The van der Waals surface area contributed by atoms with Gasteiger partial charge < -0.3 is 9.84 Å². The molecule has 3 nitrogen and oxygen atoms in total. The van der Waals surface area contributed by atoms with Gasteiger partial charge in [-0.1, -0.05) is 19.3 Å². The maximum Gasteiger partial charge on any atom is 0.0964 e. The molecule has 1 aromatic heterocycles. The Kier molecular flexibility index (Phi) is 4.41. The van der Waals surface area contributed by atoms with Gasteiger partial charge in [0.1, 0.15) is 0 Å². The third-order valence-electron chi connectivity index (χ3n) is 3.51. The van der Waals surface area contributed by atoms with Crippen LogP contribution in [0.2, 0.25) is 0 Å². The first-order valence-corrected chi connectivity index (χ1v) is 7.55. The van der Waals surface area contributed by atoms with Crippen LogP contribution in [0.5, 0.6) is 0 Å². The van der Waals surface area contributed by atoms with Gasteiger partial charge in [0, 0.05) is 13.0 Å². The van der Waals surface area contributed by atoms with Crippen molar-refractivity contribution < 1.29 is 9.84 Å². The largest absolute Gasteiger partial charge is 0.385 e. The number of aliphatic hydroxyl groups is 1. The summed E-state index contributed by atoms with van der Waals surface area (Å²) in [7, 11) is 1.67. The number of aromatic nitrogens is 1. The summed E-state index contributed by atoms with van der Waals surface area (Å²) in [6, 6.07) is 0. The van der Waals surface area contributed by atoms with Crippen LogP contribution in [-0.2, 0) is 16.9 Å². The van der Waals surface area contributed by atoms with Crippen molar-refractivity contribution in [3.63, 3.8) is 0 Å². The van der Waals surface area contributed by atoms with E-state index in [-0.39, 0.29) is 0 Å². The molecule has 0 unspecified atom stereocenters. The zero-order valence-electron chi connectivity index (χ0n) is 11.5. The molecular formula is C14H23NO2S. The van der Waals surface area contributed by atoms with E-state index < -0.39 is 5.60 Å². The fourth-order valence-electron chi connectivity index (χ4n) is 2.61. The Labute approximate surface area is 113 Å². The molecule has 0 spiro atoms. The van der Waals surface area contributed by atoms with Crippen molar-refractivity contribution in [2.45, 2.75) is 64.1 Å². The van der Waals surface area contributed by atoms with Crippen molar-refractivity contribution >= 4 is 11.3 Å². The van der Waals surface area contributed by atoms with Crippen LogP contribution in [0.4, 0.5) is 0 Å². The number of hydrogen-bond acceptors (Lipinski definition) is 4. The number of methoxy groups -OCH3 is 1. The molecule has 1 aromatic rings. The molecule has 18 heavy (non-hydrogen) atoms. The zero-order chi connectivity index (χ0) is 13.2. The third-order valence-corrected chi connectivity index (χ3v) is 5.08. The number of nitrogens with zero attached hydrogens (tertiary/aromatic N) is 1. The van der Waals surface area contributed by atoms with Crippen LogP contribution in [0.15, 0.2) is 0 Å². The molecule has 0 saturated heterocycles. The van der Waals surface area contributed by atoms with E-state index >= 15 is 0 Å². The first kappa shape index (κ1) is 14.0. The van der Waals surface area contributed by atoms with E-state index in [1.165, 1.54) is 37.1 Å². The quantitative estimate of drug-likeness (QED) is 0.908. The smallest absolute Gasteiger partial charge is 0.0964 e. The van der Waals surface area contributed by atoms with Gasteiger partial charge in [-0.3, -0.25) is 0 Å². The highest BCUT2D eigenvalue weighted by molar-refractivity contribution is 7.12. The lowest BCUT2D eigenvalue weighted by molar-refractivity contribution is 0.0782. The van der Waals surface area contributed by atoms with E-state index in [1.54, 1.807) is 18.4 Å². The number of hydrogen-bond donors (Lipinski definition) is 1. The zero-order valence-corrected chi connectivity index (χ0v) is 12.3. The second-order valence-electron chi connectivity index (χ2n) is 5.65. The van der Waals surface area contributed by atoms with Crippen LogP contribution < -0.4 is 0 Å². The summed E-state index contributed by atoms with van der Waals surface area (Å²) >= 11 is 1.67. The lowest BCUT2D eigenvalue weighted by atomic mass is 9.90. The van der Waals surface area contributed by atoms with Gasteiger partial charge in [0.2, 0.25) is 0 Å².